The zero-order chi connectivity index (χ0) is 12.9. The largest absolute Gasteiger partial charge is 0.298 e. The zero-order valence-electron chi connectivity index (χ0n) is 10.7. The summed E-state index contributed by atoms with van der Waals surface area (Å²) in [6.45, 7) is 3.49. The molecule has 0 aromatic heterocycles. The maximum absolute atomic E-state index is 11.8. The molecule has 1 aliphatic rings. The highest BCUT2D eigenvalue weighted by atomic mass is 32.2. The summed E-state index contributed by atoms with van der Waals surface area (Å²) in [5.74, 6) is 0.276. The van der Waals surface area contributed by atoms with Gasteiger partial charge in [-0.3, -0.25) is 4.79 Å². The van der Waals surface area contributed by atoms with E-state index < -0.39 is 10.0 Å². The third kappa shape index (κ3) is 5.64. The van der Waals surface area contributed by atoms with E-state index in [2.05, 4.69) is 4.72 Å². The summed E-state index contributed by atoms with van der Waals surface area (Å²) in [6.07, 6.45) is 5.48. The second-order valence-corrected chi connectivity index (χ2v) is 7.08. The fraction of sp³-hybridized carbons (Fsp3) is 0.917. The van der Waals surface area contributed by atoms with Crippen LogP contribution < -0.4 is 4.72 Å². The molecule has 1 rings (SSSR count). The molecule has 0 spiro atoms. The van der Waals surface area contributed by atoms with Crippen LogP contribution in [-0.2, 0) is 14.8 Å². The Bertz CT molecular complexity index is 343. The van der Waals surface area contributed by atoms with Crippen molar-refractivity contribution in [1.29, 1.82) is 0 Å². The number of hydrogen-bond acceptors (Lipinski definition) is 3. The lowest BCUT2D eigenvalue weighted by Gasteiger charge is -2.21. The van der Waals surface area contributed by atoms with Crippen LogP contribution in [0.3, 0.4) is 0 Å². The summed E-state index contributed by atoms with van der Waals surface area (Å²) in [5, 5.41) is 0. The van der Waals surface area contributed by atoms with E-state index in [9.17, 15) is 13.2 Å². The first-order valence-corrected chi connectivity index (χ1v) is 8.06. The van der Waals surface area contributed by atoms with Crippen molar-refractivity contribution in [2.24, 2.45) is 11.8 Å². The van der Waals surface area contributed by atoms with Crippen LogP contribution >= 0.6 is 0 Å². The van der Waals surface area contributed by atoms with E-state index in [1.807, 2.05) is 0 Å². The zero-order valence-corrected chi connectivity index (χ0v) is 11.6. The van der Waals surface area contributed by atoms with Crippen molar-refractivity contribution in [1.82, 2.24) is 4.72 Å². The maximum atomic E-state index is 11.8. The maximum Gasteiger partial charge on any atom is 0.212 e. The Morgan fingerprint density at radius 2 is 1.82 bits per heavy atom. The van der Waals surface area contributed by atoms with Crippen LogP contribution in [0, 0.1) is 11.8 Å². The first-order chi connectivity index (χ1) is 7.91. The van der Waals surface area contributed by atoms with Gasteiger partial charge in [0.1, 0.15) is 5.78 Å². The molecule has 1 fully saturated rings. The molecule has 0 saturated heterocycles. The van der Waals surface area contributed by atoms with E-state index in [4.69, 9.17) is 0 Å². The molecule has 5 heteroatoms. The van der Waals surface area contributed by atoms with Gasteiger partial charge in [-0.05, 0) is 18.8 Å². The Morgan fingerprint density at radius 3 is 2.35 bits per heavy atom. The van der Waals surface area contributed by atoms with Crippen LogP contribution in [0.25, 0.3) is 0 Å². The van der Waals surface area contributed by atoms with Crippen LogP contribution in [0.2, 0.25) is 0 Å². The summed E-state index contributed by atoms with van der Waals surface area (Å²) in [4.78, 5) is 11.4. The fourth-order valence-electron chi connectivity index (χ4n) is 2.11. The van der Waals surface area contributed by atoms with Gasteiger partial charge in [-0.25, -0.2) is 13.1 Å². The van der Waals surface area contributed by atoms with Crippen LogP contribution in [-0.4, -0.2) is 26.5 Å². The summed E-state index contributed by atoms with van der Waals surface area (Å²) in [5.41, 5.74) is 0. The van der Waals surface area contributed by atoms with E-state index in [-0.39, 0.29) is 29.9 Å². The average molecular weight is 261 g/mol. The van der Waals surface area contributed by atoms with Gasteiger partial charge in [0.25, 0.3) is 0 Å². The van der Waals surface area contributed by atoms with Gasteiger partial charge in [0.05, 0.1) is 12.3 Å². The van der Waals surface area contributed by atoms with Gasteiger partial charge in [0, 0.05) is 5.92 Å². The van der Waals surface area contributed by atoms with E-state index in [0.717, 1.165) is 25.7 Å². The molecule has 0 heterocycles. The molecule has 1 aliphatic carbocycles. The molecule has 0 aromatic rings. The topological polar surface area (TPSA) is 63.2 Å². The molecule has 0 radical (unpaired) electrons. The number of carbonyl (C=O) groups excluding carboxylic acids is 1. The highest BCUT2D eigenvalue weighted by molar-refractivity contribution is 7.89. The van der Waals surface area contributed by atoms with E-state index in [1.54, 1.807) is 13.8 Å². The summed E-state index contributed by atoms with van der Waals surface area (Å²) < 4.78 is 25.9. The van der Waals surface area contributed by atoms with Crippen molar-refractivity contribution in [3.05, 3.63) is 0 Å². The van der Waals surface area contributed by atoms with Crippen LogP contribution in [0.1, 0.15) is 46.0 Å². The van der Waals surface area contributed by atoms with E-state index >= 15 is 0 Å². The highest BCUT2D eigenvalue weighted by Crippen LogP contribution is 2.24. The number of ketones is 1. The molecule has 0 atom stereocenters. The van der Waals surface area contributed by atoms with Crippen molar-refractivity contribution in [2.45, 2.75) is 46.0 Å². The SMILES string of the molecule is CC(C)C(=O)CNS(=O)(=O)CC1CCCCC1. The highest BCUT2D eigenvalue weighted by Gasteiger charge is 2.22. The lowest BCUT2D eigenvalue weighted by molar-refractivity contribution is -0.120. The number of Topliss-reactive ketones (excluding diaryl/α,β-unsaturated/α-hetero) is 1. The first kappa shape index (κ1) is 14.6. The van der Waals surface area contributed by atoms with Gasteiger partial charge in [0.2, 0.25) is 10.0 Å². The van der Waals surface area contributed by atoms with Crippen LogP contribution in [0.4, 0.5) is 0 Å². The second kappa shape index (κ2) is 6.50. The fourth-order valence-corrected chi connectivity index (χ4v) is 3.54. The lowest BCUT2D eigenvalue weighted by Crippen LogP contribution is -2.35. The van der Waals surface area contributed by atoms with Gasteiger partial charge in [-0.1, -0.05) is 33.1 Å². The predicted octanol–water partition coefficient (Wildman–Crippen LogP) is 1.71. The molecule has 100 valence electrons. The smallest absolute Gasteiger partial charge is 0.212 e. The normalized spacial score (nSPS) is 18.5. The molecule has 1 saturated carbocycles. The third-order valence-corrected chi connectivity index (χ3v) is 4.78. The van der Waals surface area contributed by atoms with Crippen molar-refractivity contribution in [3.63, 3.8) is 0 Å². The first-order valence-electron chi connectivity index (χ1n) is 6.41. The van der Waals surface area contributed by atoms with Crippen molar-refractivity contribution in [3.8, 4) is 0 Å². The minimum atomic E-state index is -3.28. The van der Waals surface area contributed by atoms with E-state index in [1.165, 1.54) is 6.42 Å². The summed E-state index contributed by atoms with van der Waals surface area (Å²) >= 11 is 0. The molecule has 1 N–H and O–H groups in total. The van der Waals surface area contributed by atoms with E-state index in [0.29, 0.717) is 0 Å². The molecule has 0 aliphatic heterocycles. The molecule has 0 bridgehead atoms. The summed E-state index contributed by atoms with van der Waals surface area (Å²) in [7, 11) is -3.28. The Balaban J connectivity index is 2.37. The average Bonchev–Trinajstić information content (AvgIpc) is 2.26. The second-order valence-electron chi connectivity index (χ2n) is 5.23. The van der Waals surface area contributed by atoms with Gasteiger partial charge < -0.3 is 0 Å². The summed E-state index contributed by atoms with van der Waals surface area (Å²) in [6, 6.07) is 0. The molecular weight excluding hydrogens is 238 g/mol. The third-order valence-electron chi connectivity index (χ3n) is 3.29. The number of carbonyl (C=O) groups is 1. The van der Waals surface area contributed by atoms with Gasteiger partial charge in [-0.2, -0.15) is 0 Å². The molecule has 0 unspecified atom stereocenters. The number of nitrogens with one attached hydrogen (secondary N) is 1. The Hall–Kier alpha value is -0.420. The monoisotopic (exact) mass is 261 g/mol. The molecule has 0 amide bonds. The lowest BCUT2D eigenvalue weighted by atomic mass is 9.91. The number of hydrogen-bond donors (Lipinski definition) is 1. The van der Waals surface area contributed by atoms with Crippen molar-refractivity contribution < 1.29 is 13.2 Å². The predicted molar refractivity (Wildman–Crippen MR) is 68.2 cm³/mol. The Kier molecular flexibility index (Phi) is 5.59. The Morgan fingerprint density at radius 1 is 1.24 bits per heavy atom. The van der Waals surface area contributed by atoms with Crippen molar-refractivity contribution in [2.75, 3.05) is 12.3 Å². The molecule has 0 aromatic carbocycles. The number of sulfonamides is 1. The van der Waals surface area contributed by atoms with Gasteiger partial charge >= 0.3 is 0 Å². The minimum absolute atomic E-state index is 0.0581. The quantitative estimate of drug-likeness (QED) is 0.791. The van der Waals surface area contributed by atoms with Gasteiger partial charge in [0.15, 0.2) is 0 Å². The number of rotatable bonds is 6. The molecule has 4 nitrogen and oxygen atoms in total. The molecular formula is C12H23NO3S. The van der Waals surface area contributed by atoms with Crippen LogP contribution in [0.5, 0.6) is 0 Å². The van der Waals surface area contributed by atoms with Crippen molar-refractivity contribution >= 4 is 15.8 Å². The molecule has 17 heavy (non-hydrogen) atoms. The minimum Gasteiger partial charge on any atom is -0.298 e. The van der Waals surface area contributed by atoms with Gasteiger partial charge in [-0.15, -0.1) is 0 Å². The standard InChI is InChI=1S/C12H23NO3S/c1-10(2)12(14)8-13-17(15,16)9-11-6-4-3-5-7-11/h10-11,13H,3-9H2,1-2H3. The van der Waals surface area contributed by atoms with Crippen LogP contribution in [0.15, 0.2) is 0 Å². The Labute approximate surface area is 104 Å².